The quantitative estimate of drug-likeness (QED) is 0.749. The summed E-state index contributed by atoms with van der Waals surface area (Å²) in [6, 6.07) is 8.15. The average molecular weight is 331 g/mol. The molecule has 128 valence electrons. The first kappa shape index (κ1) is 19.0. The van der Waals surface area contributed by atoms with Gasteiger partial charge in [-0.3, -0.25) is 10.1 Å². The van der Waals surface area contributed by atoms with Crippen LogP contribution in [0.25, 0.3) is 0 Å². The highest BCUT2D eigenvalue weighted by Gasteiger charge is 2.28. The SMILES string of the molecule is CC(C)[C@@H](NCC(=O)NC(=O)NCC(F)(F)F)c1ccccc1. The van der Waals surface area contributed by atoms with Crippen LogP contribution in [-0.4, -0.2) is 31.2 Å². The standard InChI is InChI=1S/C15H20F3N3O2/c1-10(2)13(11-6-4-3-5-7-11)19-8-12(22)21-14(23)20-9-15(16,17)18/h3-7,10,13,19H,8-9H2,1-2H3,(H2,20,21,22,23)/t13-/m1/s1. The number of halogens is 3. The Morgan fingerprint density at radius 2 is 1.74 bits per heavy atom. The molecule has 0 unspecified atom stereocenters. The Bertz CT molecular complexity index is 518. The van der Waals surface area contributed by atoms with Crippen LogP contribution in [-0.2, 0) is 4.79 Å². The lowest BCUT2D eigenvalue weighted by Crippen LogP contribution is -2.46. The fourth-order valence-electron chi connectivity index (χ4n) is 2.00. The lowest BCUT2D eigenvalue weighted by molar-refractivity contribution is -0.124. The van der Waals surface area contributed by atoms with Gasteiger partial charge in [0.2, 0.25) is 5.91 Å². The van der Waals surface area contributed by atoms with Gasteiger partial charge < -0.3 is 10.6 Å². The fraction of sp³-hybridized carbons (Fsp3) is 0.467. The second kappa shape index (κ2) is 8.52. The number of carbonyl (C=O) groups is 2. The third-order valence-electron chi connectivity index (χ3n) is 3.01. The van der Waals surface area contributed by atoms with Gasteiger partial charge in [0.1, 0.15) is 6.54 Å². The van der Waals surface area contributed by atoms with E-state index in [1.54, 1.807) is 5.32 Å². The molecule has 5 nitrogen and oxygen atoms in total. The Balaban J connectivity index is 2.46. The summed E-state index contributed by atoms with van der Waals surface area (Å²) in [7, 11) is 0. The van der Waals surface area contributed by atoms with Crippen molar-refractivity contribution in [3.8, 4) is 0 Å². The summed E-state index contributed by atoms with van der Waals surface area (Å²) in [5.74, 6) is -0.518. The zero-order valence-corrected chi connectivity index (χ0v) is 12.9. The molecule has 0 saturated carbocycles. The van der Waals surface area contributed by atoms with E-state index in [4.69, 9.17) is 0 Å². The van der Waals surface area contributed by atoms with Gasteiger partial charge in [-0.05, 0) is 11.5 Å². The monoisotopic (exact) mass is 331 g/mol. The molecule has 23 heavy (non-hydrogen) atoms. The van der Waals surface area contributed by atoms with Crippen molar-refractivity contribution >= 4 is 11.9 Å². The number of hydrogen-bond donors (Lipinski definition) is 3. The van der Waals surface area contributed by atoms with Crippen LogP contribution in [0.2, 0.25) is 0 Å². The normalized spacial score (nSPS) is 12.8. The van der Waals surface area contributed by atoms with Crippen molar-refractivity contribution in [2.45, 2.75) is 26.1 Å². The molecule has 0 aliphatic heterocycles. The number of imide groups is 1. The van der Waals surface area contributed by atoms with Gasteiger partial charge in [-0.1, -0.05) is 44.2 Å². The smallest absolute Gasteiger partial charge is 0.329 e. The van der Waals surface area contributed by atoms with E-state index in [1.165, 1.54) is 0 Å². The predicted molar refractivity (Wildman–Crippen MR) is 79.6 cm³/mol. The molecule has 1 rings (SSSR count). The number of amides is 3. The van der Waals surface area contributed by atoms with E-state index in [9.17, 15) is 22.8 Å². The molecule has 1 atom stereocenters. The topological polar surface area (TPSA) is 70.2 Å². The zero-order valence-electron chi connectivity index (χ0n) is 12.9. The van der Waals surface area contributed by atoms with Crippen LogP contribution in [0.4, 0.5) is 18.0 Å². The van der Waals surface area contributed by atoms with Gasteiger partial charge in [-0.25, -0.2) is 4.79 Å². The maximum Gasteiger partial charge on any atom is 0.405 e. The zero-order chi connectivity index (χ0) is 17.5. The van der Waals surface area contributed by atoms with Gasteiger partial charge in [0.25, 0.3) is 0 Å². The molecule has 0 spiro atoms. The third kappa shape index (κ3) is 7.64. The Morgan fingerprint density at radius 3 is 2.26 bits per heavy atom. The van der Waals surface area contributed by atoms with Crippen LogP contribution in [0.3, 0.4) is 0 Å². The average Bonchev–Trinajstić information content (AvgIpc) is 2.45. The van der Waals surface area contributed by atoms with E-state index in [-0.39, 0.29) is 18.5 Å². The van der Waals surface area contributed by atoms with Gasteiger partial charge >= 0.3 is 12.2 Å². The summed E-state index contributed by atoms with van der Waals surface area (Å²) in [5, 5.41) is 6.42. The molecule has 3 N–H and O–H groups in total. The van der Waals surface area contributed by atoms with Crippen molar-refractivity contribution in [1.29, 1.82) is 0 Å². The molecule has 3 amide bonds. The first-order chi connectivity index (χ1) is 10.7. The van der Waals surface area contributed by atoms with Gasteiger partial charge in [-0.15, -0.1) is 0 Å². The molecule has 1 aromatic rings. The highest BCUT2D eigenvalue weighted by atomic mass is 19.4. The third-order valence-corrected chi connectivity index (χ3v) is 3.01. The lowest BCUT2D eigenvalue weighted by atomic mass is 9.96. The summed E-state index contributed by atoms with van der Waals surface area (Å²) in [6.07, 6.45) is -4.52. The van der Waals surface area contributed by atoms with Crippen molar-refractivity contribution in [3.05, 3.63) is 35.9 Å². The molecule has 8 heteroatoms. The molecule has 0 radical (unpaired) electrons. The van der Waals surface area contributed by atoms with E-state index in [2.05, 4.69) is 5.32 Å². The number of alkyl halides is 3. The van der Waals surface area contributed by atoms with Crippen LogP contribution in [0.15, 0.2) is 30.3 Å². The van der Waals surface area contributed by atoms with Gasteiger partial charge in [0.15, 0.2) is 0 Å². The number of hydrogen-bond acceptors (Lipinski definition) is 3. The van der Waals surface area contributed by atoms with Crippen LogP contribution >= 0.6 is 0 Å². The summed E-state index contributed by atoms with van der Waals surface area (Å²) < 4.78 is 35.8. The summed E-state index contributed by atoms with van der Waals surface area (Å²) >= 11 is 0. The molecule has 0 aliphatic rings. The number of urea groups is 1. The molecular formula is C15H20F3N3O2. The predicted octanol–water partition coefficient (Wildman–Crippen LogP) is 2.36. The first-order valence-electron chi connectivity index (χ1n) is 7.12. The second-order valence-corrected chi connectivity index (χ2v) is 5.36. The second-order valence-electron chi connectivity index (χ2n) is 5.36. The lowest BCUT2D eigenvalue weighted by Gasteiger charge is -2.22. The largest absolute Gasteiger partial charge is 0.405 e. The van der Waals surface area contributed by atoms with Gasteiger partial charge in [0.05, 0.1) is 6.54 Å². The van der Waals surface area contributed by atoms with Crippen LogP contribution in [0, 0.1) is 5.92 Å². The van der Waals surface area contributed by atoms with E-state index in [0.717, 1.165) is 5.56 Å². The summed E-state index contributed by atoms with van der Waals surface area (Å²) in [5.41, 5.74) is 0.983. The van der Waals surface area contributed by atoms with Gasteiger partial charge in [-0.2, -0.15) is 13.2 Å². The first-order valence-corrected chi connectivity index (χ1v) is 7.12. The summed E-state index contributed by atoms with van der Waals surface area (Å²) in [4.78, 5) is 22.8. The van der Waals surface area contributed by atoms with Gasteiger partial charge in [0, 0.05) is 6.04 Å². The number of benzene rings is 1. The van der Waals surface area contributed by atoms with Crippen molar-refractivity contribution in [2.24, 2.45) is 5.92 Å². The summed E-state index contributed by atoms with van der Waals surface area (Å²) in [6.45, 7) is 2.27. The molecule has 0 bridgehead atoms. The maximum absolute atomic E-state index is 11.9. The Morgan fingerprint density at radius 1 is 1.13 bits per heavy atom. The van der Waals surface area contributed by atoms with E-state index in [0.29, 0.717) is 0 Å². The number of nitrogens with one attached hydrogen (secondary N) is 3. The molecule has 0 heterocycles. The highest BCUT2D eigenvalue weighted by Crippen LogP contribution is 2.20. The Kier molecular flexibility index (Phi) is 7.02. The highest BCUT2D eigenvalue weighted by molar-refractivity contribution is 5.95. The van der Waals surface area contributed by atoms with Crippen molar-refractivity contribution in [3.63, 3.8) is 0 Å². The molecule has 0 aromatic heterocycles. The minimum atomic E-state index is -4.52. The number of rotatable bonds is 6. The maximum atomic E-state index is 11.9. The van der Waals surface area contributed by atoms with Crippen molar-refractivity contribution < 1.29 is 22.8 Å². The van der Waals surface area contributed by atoms with Crippen LogP contribution in [0.5, 0.6) is 0 Å². The minimum absolute atomic E-state index is 0.111. The minimum Gasteiger partial charge on any atom is -0.329 e. The molecule has 0 fully saturated rings. The molecule has 0 aliphatic carbocycles. The van der Waals surface area contributed by atoms with Crippen molar-refractivity contribution in [1.82, 2.24) is 16.0 Å². The van der Waals surface area contributed by atoms with E-state index < -0.39 is 24.7 Å². The van der Waals surface area contributed by atoms with E-state index in [1.807, 2.05) is 49.5 Å². The molecule has 1 aromatic carbocycles. The van der Waals surface area contributed by atoms with Crippen LogP contribution in [0.1, 0.15) is 25.5 Å². The van der Waals surface area contributed by atoms with Crippen LogP contribution < -0.4 is 16.0 Å². The Labute approximate surface area is 132 Å². The molecular weight excluding hydrogens is 311 g/mol. The van der Waals surface area contributed by atoms with E-state index >= 15 is 0 Å². The fourth-order valence-corrected chi connectivity index (χ4v) is 2.00. The number of carbonyl (C=O) groups excluding carboxylic acids is 2. The Hall–Kier alpha value is -2.09. The molecule has 0 saturated heterocycles. The van der Waals surface area contributed by atoms with Crippen molar-refractivity contribution in [2.75, 3.05) is 13.1 Å².